The molecule has 0 aliphatic rings. The maximum atomic E-state index is 11.8. The summed E-state index contributed by atoms with van der Waals surface area (Å²) in [4.78, 5) is 11.8. The fourth-order valence-corrected chi connectivity index (χ4v) is 1.66. The maximum absolute atomic E-state index is 11.8. The highest BCUT2D eigenvalue weighted by molar-refractivity contribution is 5.96. The van der Waals surface area contributed by atoms with Gasteiger partial charge in [0, 0.05) is 24.8 Å². The standard InChI is InChI=1S/C12H20N2O2/c1-7(2)9-6-14(5)10(11(9)15)12(16)13-8(3)4/h6-8,15H,1-5H3,(H,13,16). The molecule has 0 radical (unpaired) electrons. The molecular formula is C12H20N2O2. The van der Waals surface area contributed by atoms with Crippen molar-refractivity contribution < 1.29 is 9.90 Å². The Hall–Kier alpha value is -1.45. The third-order valence-electron chi connectivity index (χ3n) is 2.44. The van der Waals surface area contributed by atoms with Gasteiger partial charge < -0.3 is 15.0 Å². The summed E-state index contributed by atoms with van der Waals surface area (Å²) in [5.41, 5.74) is 1.13. The van der Waals surface area contributed by atoms with Crippen LogP contribution in [0.5, 0.6) is 5.75 Å². The number of aryl methyl sites for hydroxylation is 1. The molecule has 4 heteroatoms. The highest BCUT2D eigenvalue weighted by Gasteiger charge is 2.21. The smallest absolute Gasteiger partial charge is 0.271 e. The molecular weight excluding hydrogens is 204 g/mol. The third-order valence-corrected chi connectivity index (χ3v) is 2.44. The van der Waals surface area contributed by atoms with Crippen LogP contribution in [0.1, 0.15) is 49.7 Å². The Labute approximate surface area is 96.3 Å². The maximum Gasteiger partial charge on any atom is 0.271 e. The largest absolute Gasteiger partial charge is 0.505 e. The Morgan fingerprint density at radius 1 is 1.38 bits per heavy atom. The number of nitrogens with one attached hydrogen (secondary N) is 1. The van der Waals surface area contributed by atoms with Gasteiger partial charge in [0.1, 0.15) is 11.4 Å². The van der Waals surface area contributed by atoms with Crippen LogP contribution >= 0.6 is 0 Å². The number of hydrogen-bond acceptors (Lipinski definition) is 2. The van der Waals surface area contributed by atoms with Gasteiger partial charge in [0.05, 0.1) is 0 Å². The first-order chi connectivity index (χ1) is 7.34. The van der Waals surface area contributed by atoms with Crippen molar-refractivity contribution in [2.75, 3.05) is 0 Å². The van der Waals surface area contributed by atoms with E-state index in [1.165, 1.54) is 0 Å². The summed E-state index contributed by atoms with van der Waals surface area (Å²) < 4.78 is 1.67. The fourth-order valence-electron chi connectivity index (χ4n) is 1.66. The second-order valence-electron chi connectivity index (χ2n) is 4.68. The molecule has 1 aromatic heterocycles. The average molecular weight is 224 g/mol. The van der Waals surface area contributed by atoms with Crippen molar-refractivity contribution in [3.05, 3.63) is 17.5 Å². The number of hydrogen-bond donors (Lipinski definition) is 2. The normalized spacial score (nSPS) is 11.2. The Kier molecular flexibility index (Phi) is 3.62. The van der Waals surface area contributed by atoms with E-state index in [1.54, 1.807) is 17.8 Å². The summed E-state index contributed by atoms with van der Waals surface area (Å²) in [6.45, 7) is 7.75. The van der Waals surface area contributed by atoms with Crippen LogP contribution in [0.25, 0.3) is 0 Å². The van der Waals surface area contributed by atoms with Crippen molar-refractivity contribution in [2.45, 2.75) is 39.7 Å². The highest BCUT2D eigenvalue weighted by atomic mass is 16.3. The predicted molar refractivity (Wildman–Crippen MR) is 63.8 cm³/mol. The summed E-state index contributed by atoms with van der Waals surface area (Å²) in [5.74, 6) is 0.0596. The zero-order valence-electron chi connectivity index (χ0n) is 10.5. The lowest BCUT2D eigenvalue weighted by atomic mass is 10.1. The number of amides is 1. The van der Waals surface area contributed by atoms with E-state index in [1.807, 2.05) is 27.7 Å². The number of aromatic hydroxyl groups is 1. The van der Waals surface area contributed by atoms with Crippen molar-refractivity contribution in [3.63, 3.8) is 0 Å². The summed E-state index contributed by atoms with van der Waals surface area (Å²) in [7, 11) is 1.76. The zero-order valence-corrected chi connectivity index (χ0v) is 10.5. The molecule has 2 N–H and O–H groups in total. The third kappa shape index (κ3) is 2.38. The monoisotopic (exact) mass is 224 g/mol. The molecule has 0 aliphatic carbocycles. The minimum atomic E-state index is -0.234. The first-order valence-corrected chi connectivity index (χ1v) is 5.53. The van der Waals surface area contributed by atoms with Gasteiger partial charge in [0.15, 0.2) is 0 Å². The number of carbonyl (C=O) groups is 1. The van der Waals surface area contributed by atoms with Crippen LogP contribution in [0.3, 0.4) is 0 Å². The number of aromatic nitrogens is 1. The van der Waals surface area contributed by atoms with Gasteiger partial charge in [-0.15, -0.1) is 0 Å². The Morgan fingerprint density at radius 2 is 1.94 bits per heavy atom. The van der Waals surface area contributed by atoms with E-state index in [9.17, 15) is 9.90 Å². The molecule has 1 amide bonds. The van der Waals surface area contributed by atoms with E-state index >= 15 is 0 Å². The minimum Gasteiger partial charge on any atom is -0.505 e. The lowest BCUT2D eigenvalue weighted by Crippen LogP contribution is -2.31. The number of nitrogens with zero attached hydrogens (tertiary/aromatic N) is 1. The lowest BCUT2D eigenvalue weighted by Gasteiger charge is -2.09. The minimum absolute atomic E-state index is 0.0595. The summed E-state index contributed by atoms with van der Waals surface area (Å²) in [6, 6.07) is 0.0595. The van der Waals surface area contributed by atoms with Crippen LogP contribution in [0.4, 0.5) is 0 Å². The van der Waals surface area contributed by atoms with Crippen molar-refractivity contribution in [3.8, 4) is 5.75 Å². The summed E-state index contributed by atoms with van der Waals surface area (Å²) in [6.07, 6.45) is 1.80. The molecule has 0 spiro atoms. The van der Waals surface area contributed by atoms with Crippen molar-refractivity contribution in [1.82, 2.24) is 9.88 Å². The van der Waals surface area contributed by atoms with Gasteiger partial charge >= 0.3 is 0 Å². The molecule has 0 aromatic carbocycles. The van der Waals surface area contributed by atoms with Crippen molar-refractivity contribution in [2.24, 2.45) is 7.05 Å². The molecule has 0 atom stereocenters. The topological polar surface area (TPSA) is 54.3 Å². The van der Waals surface area contributed by atoms with E-state index in [0.717, 1.165) is 5.56 Å². The number of rotatable bonds is 3. The van der Waals surface area contributed by atoms with Crippen LogP contribution in [0, 0.1) is 0 Å². The SMILES string of the molecule is CC(C)NC(=O)c1c(O)c(C(C)C)cn1C. The van der Waals surface area contributed by atoms with Crippen molar-refractivity contribution >= 4 is 5.91 Å². The van der Waals surface area contributed by atoms with E-state index in [0.29, 0.717) is 5.69 Å². The molecule has 0 fully saturated rings. The molecule has 16 heavy (non-hydrogen) atoms. The van der Waals surface area contributed by atoms with Gasteiger partial charge in [-0.1, -0.05) is 13.8 Å². The highest BCUT2D eigenvalue weighted by Crippen LogP contribution is 2.30. The van der Waals surface area contributed by atoms with Crippen LogP contribution in [-0.4, -0.2) is 21.6 Å². The van der Waals surface area contributed by atoms with Crippen LogP contribution in [-0.2, 0) is 7.05 Å². The van der Waals surface area contributed by atoms with E-state index in [-0.39, 0.29) is 23.6 Å². The Balaban J connectivity index is 3.09. The first kappa shape index (κ1) is 12.6. The molecule has 1 aromatic rings. The second-order valence-corrected chi connectivity index (χ2v) is 4.68. The summed E-state index contributed by atoms with van der Waals surface area (Å²) in [5, 5.41) is 12.8. The van der Waals surface area contributed by atoms with Gasteiger partial charge in [0.25, 0.3) is 5.91 Å². The molecule has 90 valence electrons. The molecule has 0 saturated heterocycles. The lowest BCUT2D eigenvalue weighted by molar-refractivity contribution is 0.0932. The fraction of sp³-hybridized carbons (Fsp3) is 0.583. The Morgan fingerprint density at radius 3 is 2.31 bits per heavy atom. The van der Waals surface area contributed by atoms with Gasteiger partial charge in [-0.2, -0.15) is 0 Å². The van der Waals surface area contributed by atoms with Crippen LogP contribution < -0.4 is 5.32 Å². The van der Waals surface area contributed by atoms with Gasteiger partial charge in [-0.3, -0.25) is 4.79 Å². The van der Waals surface area contributed by atoms with Gasteiger partial charge in [-0.25, -0.2) is 0 Å². The molecule has 4 nitrogen and oxygen atoms in total. The van der Waals surface area contributed by atoms with Gasteiger partial charge in [-0.05, 0) is 19.8 Å². The van der Waals surface area contributed by atoms with Gasteiger partial charge in [0.2, 0.25) is 0 Å². The zero-order chi connectivity index (χ0) is 12.5. The van der Waals surface area contributed by atoms with Crippen molar-refractivity contribution in [1.29, 1.82) is 0 Å². The van der Waals surface area contributed by atoms with E-state index in [4.69, 9.17) is 0 Å². The first-order valence-electron chi connectivity index (χ1n) is 5.53. The quantitative estimate of drug-likeness (QED) is 0.825. The van der Waals surface area contributed by atoms with E-state index in [2.05, 4.69) is 5.32 Å². The molecule has 0 saturated carbocycles. The molecule has 0 bridgehead atoms. The second kappa shape index (κ2) is 4.60. The Bertz CT molecular complexity index is 392. The molecule has 0 unspecified atom stereocenters. The van der Waals surface area contributed by atoms with E-state index < -0.39 is 0 Å². The molecule has 1 rings (SSSR count). The van der Waals surface area contributed by atoms with Crippen LogP contribution in [0.2, 0.25) is 0 Å². The molecule has 1 heterocycles. The van der Waals surface area contributed by atoms with Crippen LogP contribution in [0.15, 0.2) is 6.20 Å². The summed E-state index contributed by atoms with van der Waals surface area (Å²) >= 11 is 0. The number of carbonyl (C=O) groups excluding carboxylic acids is 1. The predicted octanol–water partition coefficient (Wildman–Crippen LogP) is 1.99. The average Bonchev–Trinajstić information content (AvgIpc) is 2.40. The molecule has 0 aliphatic heterocycles.